The highest BCUT2D eigenvalue weighted by molar-refractivity contribution is 7.89. The molecule has 0 spiro atoms. The lowest BCUT2D eigenvalue weighted by Crippen LogP contribution is -2.37. The van der Waals surface area contributed by atoms with Gasteiger partial charge in [-0.05, 0) is 23.1 Å². The van der Waals surface area contributed by atoms with Crippen molar-refractivity contribution in [2.75, 3.05) is 25.5 Å². The average molecular weight is 451 g/mol. The Bertz CT molecular complexity index is 1220. The number of sulfonamides is 1. The molecule has 0 N–H and O–H groups in total. The van der Waals surface area contributed by atoms with Crippen LogP contribution in [0.4, 0.5) is 5.82 Å². The molecule has 0 saturated carbocycles. The van der Waals surface area contributed by atoms with Crippen LogP contribution in [0, 0.1) is 0 Å². The fourth-order valence-corrected chi connectivity index (χ4v) is 5.35. The molecule has 1 aliphatic rings. The SMILES string of the molecule is CN(C)c1nc(-c2ccccc2)nc2c1CN(S(=O)(=O)c1ccc(C(C)(C)C)cc1)CC2. The lowest BCUT2D eigenvalue weighted by molar-refractivity contribution is 0.387. The van der Waals surface area contributed by atoms with Crippen LogP contribution in [0.25, 0.3) is 11.4 Å². The standard InChI is InChI=1S/C25H30N4O2S/c1-25(2,3)19-11-13-20(14-12-19)32(30,31)29-16-15-22-21(17-29)24(28(4)5)27-23(26-22)18-9-7-6-8-10-18/h6-14H,15-17H2,1-5H3. The molecule has 0 unspecified atom stereocenters. The predicted molar refractivity (Wildman–Crippen MR) is 128 cm³/mol. The maximum atomic E-state index is 13.4. The minimum atomic E-state index is -3.61. The molecule has 4 rings (SSSR count). The summed E-state index contributed by atoms with van der Waals surface area (Å²) >= 11 is 0. The van der Waals surface area contributed by atoms with Gasteiger partial charge in [0.05, 0.1) is 10.6 Å². The molecule has 2 aromatic carbocycles. The van der Waals surface area contributed by atoms with Gasteiger partial charge in [0.2, 0.25) is 10.0 Å². The summed E-state index contributed by atoms with van der Waals surface area (Å²) in [6, 6.07) is 17.1. The predicted octanol–water partition coefficient (Wildman–Crippen LogP) is 4.25. The molecule has 3 aromatic rings. The van der Waals surface area contributed by atoms with E-state index in [1.54, 1.807) is 16.4 Å². The first-order valence-corrected chi connectivity index (χ1v) is 12.2. The first-order chi connectivity index (χ1) is 15.1. The molecule has 0 fully saturated rings. The summed E-state index contributed by atoms with van der Waals surface area (Å²) in [6.07, 6.45) is 0.553. The van der Waals surface area contributed by atoms with E-state index < -0.39 is 10.0 Å². The largest absolute Gasteiger partial charge is 0.362 e. The number of benzene rings is 2. The van der Waals surface area contributed by atoms with E-state index in [4.69, 9.17) is 9.97 Å². The van der Waals surface area contributed by atoms with Crippen LogP contribution in [0.2, 0.25) is 0 Å². The lowest BCUT2D eigenvalue weighted by atomic mass is 9.87. The topological polar surface area (TPSA) is 66.4 Å². The highest BCUT2D eigenvalue weighted by Gasteiger charge is 2.32. The number of aromatic nitrogens is 2. The Hall–Kier alpha value is -2.77. The maximum Gasteiger partial charge on any atom is 0.243 e. The van der Waals surface area contributed by atoms with Crippen LogP contribution in [0.1, 0.15) is 37.6 Å². The monoisotopic (exact) mass is 450 g/mol. The number of rotatable bonds is 4. The Balaban J connectivity index is 1.68. The second kappa shape index (κ2) is 8.30. The van der Waals surface area contributed by atoms with Gasteiger partial charge in [0.15, 0.2) is 5.82 Å². The fraction of sp³-hybridized carbons (Fsp3) is 0.360. The number of hydrogen-bond donors (Lipinski definition) is 0. The summed E-state index contributed by atoms with van der Waals surface area (Å²) in [6.45, 7) is 7.01. The molecule has 0 radical (unpaired) electrons. The van der Waals surface area contributed by atoms with Crippen molar-refractivity contribution in [2.24, 2.45) is 0 Å². The van der Waals surface area contributed by atoms with Gasteiger partial charge in [-0.15, -0.1) is 0 Å². The van der Waals surface area contributed by atoms with Crippen molar-refractivity contribution in [3.8, 4) is 11.4 Å². The minimum absolute atomic E-state index is 0.0270. The third kappa shape index (κ3) is 4.27. The highest BCUT2D eigenvalue weighted by atomic mass is 32.2. The van der Waals surface area contributed by atoms with Gasteiger partial charge in [-0.25, -0.2) is 18.4 Å². The van der Waals surface area contributed by atoms with Gasteiger partial charge in [0.1, 0.15) is 5.82 Å². The quantitative estimate of drug-likeness (QED) is 0.594. The van der Waals surface area contributed by atoms with E-state index in [-0.39, 0.29) is 12.0 Å². The summed E-state index contributed by atoms with van der Waals surface area (Å²) < 4.78 is 28.3. The van der Waals surface area contributed by atoms with Gasteiger partial charge in [0, 0.05) is 44.7 Å². The van der Waals surface area contributed by atoms with Crippen LogP contribution in [0.15, 0.2) is 59.5 Å². The Morgan fingerprint density at radius 1 is 0.938 bits per heavy atom. The molecule has 2 heterocycles. The summed E-state index contributed by atoms with van der Waals surface area (Å²) in [5, 5.41) is 0. The zero-order valence-electron chi connectivity index (χ0n) is 19.3. The Labute approximate surface area is 191 Å². The van der Waals surface area contributed by atoms with Crippen LogP contribution >= 0.6 is 0 Å². The van der Waals surface area contributed by atoms with E-state index in [9.17, 15) is 8.42 Å². The lowest BCUT2D eigenvalue weighted by Gasteiger charge is -2.30. The maximum absolute atomic E-state index is 13.4. The molecule has 0 saturated heterocycles. The summed E-state index contributed by atoms with van der Waals surface area (Å²) in [5.74, 6) is 1.43. The van der Waals surface area contributed by atoms with E-state index in [1.165, 1.54) is 0 Å². The Morgan fingerprint density at radius 2 is 1.59 bits per heavy atom. The van der Waals surface area contributed by atoms with Crippen molar-refractivity contribution < 1.29 is 8.42 Å². The zero-order chi connectivity index (χ0) is 23.1. The highest BCUT2D eigenvalue weighted by Crippen LogP contribution is 2.32. The van der Waals surface area contributed by atoms with Crippen molar-refractivity contribution >= 4 is 15.8 Å². The first kappa shape index (κ1) is 22.4. The van der Waals surface area contributed by atoms with E-state index in [2.05, 4.69) is 20.8 Å². The molecule has 32 heavy (non-hydrogen) atoms. The first-order valence-electron chi connectivity index (χ1n) is 10.8. The summed E-state index contributed by atoms with van der Waals surface area (Å²) in [4.78, 5) is 11.8. The van der Waals surface area contributed by atoms with E-state index in [0.717, 1.165) is 28.2 Å². The summed E-state index contributed by atoms with van der Waals surface area (Å²) in [5.41, 5.74) is 3.82. The van der Waals surface area contributed by atoms with E-state index >= 15 is 0 Å². The molecule has 0 bridgehead atoms. The second-order valence-electron chi connectivity index (χ2n) is 9.42. The number of nitrogens with zero attached hydrogens (tertiary/aromatic N) is 4. The van der Waals surface area contributed by atoms with Gasteiger partial charge < -0.3 is 4.90 Å². The van der Waals surface area contributed by atoms with E-state index in [0.29, 0.717) is 23.7 Å². The molecule has 6 nitrogen and oxygen atoms in total. The molecule has 168 valence electrons. The Kier molecular flexibility index (Phi) is 5.81. The van der Waals surface area contributed by atoms with Crippen molar-refractivity contribution in [1.29, 1.82) is 0 Å². The number of fused-ring (bicyclic) bond motifs is 1. The normalized spacial score (nSPS) is 14.8. The van der Waals surface area contributed by atoms with Crippen LogP contribution in [0.5, 0.6) is 0 Å². The number of anilines is 1. The average Bonchev–Trinajstić information content (AvgIpc) is 2.78. The molecule has 7 heteroatoms. The van der Waals surface area contributed by atoms with Crippen LogP contribution < -0.4 is 4.90 Å². The molecular formula is C25H30N4O2S. The molecule has 0 atom stereocenters. The molecule has 1 aliphatic heterocycles. The van der Waals surface area contributed by atoms with Crippen LogP contribution in [-0.4, -0.2) is 43.3 Å². The second-order valence-corrected chi connectivity index (χ2v) is 11.4. The van der Waals surface area contributed by atoms with Gasteiger partial charge in [-0.1, -0.05) is 63.2 Å². The van der Waals surface area contributed by atoms with Gasteiger partial charge >= 0.3 is 0 Å². The Morgan fingerprint density at radius 3 is 2.19 bits per heavy atom. The van der Waals surface area contributed by atoms with Crippen molar-refractivity contribution in [2.45, 2.75) is 44.0 Å². The smallest absolute Gasteiger partial charge is 0.243 e. The minimum Gasteiger partial charge on any atom is -0.362 e. The number of hydrogen-bond acceptors (Lipinski definition) is 5. The molecule has 0 amide bonds. The van der Waals surface area contributed by atoms with Gasteiger partial charge in [-0.2, -0.15) is 4.31 Å². The fourth-order valence-electron chi connectivity index (χ4n) is 3.94. The van der Waals surface area contributed by atoms with Crippen molar-refractivity contribution in [3.05, 3.63) is 71.4 Å². The zero-order valence-corrected chi connectivity index (χ0v) is 20.1. The molecule has 1 aromatic heterocycles. The van der Waals surface area contributed by atoms with E-state index in [1.807, 2.05) is 61.5 Å². The van der Waals surface area contributed by atoms with Crippen molar-refractivity contribution in [3.63, 3.8) is 0 Å². The van der Waals surface area contributed by atoms with Crippen LogP contribution in [-0.2, 0) is 28.4 Å². The third-order valence-electron chi connectivity index (χ3n) is 5.82. The van der Waals surface area contributed by atoms with Gasteiger partial charge in [-0.3, -0.25) is 0 Å². The molecular weight excluding hydrogens is 420 g/mol. The molecule has 0 aliphatic carbocycles. The van der Waals surface area contributed by atoms with Gasteiger partial charge in [0.25, 0.3) is 0 Å². The third-order valence-corrected chi connectivity index (χ3v) is 7.68. The van der Waals surface area contributed by atoms with Crippen molar-refractivity contribution in [1.82, 2.24) is 14.3 Å². The van der Waals surface area contributed by atoms with Crippen LogP contribution in [0.3, 0.4) is 0 Å². The summed E-state index contributed by atoms with van der Waals surface area (Å²) in [7, 11) is 0.241.